The first-order valence-electron chi connectivity index (χ1n) is 9.31. The van der Waals surface area contributed by atoms with Crippen LogP contribution in [0.4, 0.5) is 0 Å². The fourth-order valence-electron chi connectivity index (χ4n) is 4.94. The maximum atomic E-state index is 12.0. The van der Waals surface area contributed by atoms with Gasteiger partial charge in [0, 0.05) is 35.1 Å². The van der Waals surface area contributed by atoms with Crippen molar-refractivity contribution in [2.24, 2.45) is 23.2 Å². The molecule has 3 fully saturated rings. The second-order valence-electron chi connectivity index (χ2n) is 7.86. The highest BCUT2D eigenvalue weighted by Gasteiger charge is 2.57. The molecular weight excluding hydrogens is 379 g/mol. The smallest absolute Gasteiger partial charge is 0.334 e. The molecule has 2 heterocycles. The van der Waals surface area contributed by atoms with Crippen molar-refractivity contribution in [3.8, 4) is 0 Å². The minimum Gasteiger partial charge on any atom is -0.458 e. The van der Waals surface area contributed by atoms with Crippen LogP contribution in [0.3, 0.4) is 0 Å². The Labute approximate surface area is 165 Å². The summed E-state index contributed by atoms with van der Waals surface area (Å²) in [5.74, 6) is 1.20. The van der Waals surface area contributed by atoms with Crippen LogP contribution in [-0.4, -0.2) is 49.6 Å². The molecule has 3 rings (SSSR count). The van der Waals surface area contributed by atoms with Gasteiger partial charge in [-0.1, -0.05) is 20.4 Å². The number of alkyl halides is 2. The average molecular weight is 407 g/mol. The molecule has 0 N–H and O–H groups in total. The molecule has 7 atom stereocenters. The molecule has 2 saturated heterocycles. The Morgan fingerprint density at radius 2 is 1.92 bits per heavy atom. The van der Waals surface area contributed by atoms with Crippen molar-refractivity contribution in [3.05, 3.63) is 12.2 Å². The van der Waals surface area contributed by atoms with Crippen molar-refractivity contribution in [1.29, 1.82) is 0 Å². The molecule has 0 spiro atoms. The first kappa shape index (κ1) is 20.4. The average Bonchev–Trinajstić information content (AvgIpc) is 2.80. The maximum Gasteiger partial charge on any atom is 0.334 e. The molecule has 0 unspecified atom stereocenters. The van der Waals surface area contributed by atoms with Crippen molar-refractivity contribution >= 4 is 29.2 Å². The summed E-state index contributed by atoms with van der Waals surface area (Å²) < 4.78 is 23.6. The molecule has 0 aromatic rings. The summed E-state index contributed by atoms with van der Waals surface area (Å²) in [7, 11) is 0. The highest BCUT2D eigenvalue weighted by atomic mass is 35.5. The molecule has 0 radical (unpaired) electrons. The topological polar surface area (TPSA) is 54.0 Å². The fraction of sp³-hybridized carbons (Fsp3) is 0.842. The molecule has 0 amide bonds. The van der Waals surface area contributed by atoms with Gasteiger partial charge < -0.3 is 18.9 Å². The van der Waals surface area contributed by atoms with Gasteiger partial charge in [-0.25, -0.2) is 4.79 Å². The zero-order chi connectivity index (χ0) is 18.9. The van der Waals surface area contributed by atoms with Gasteiger partial charge in [0.25, 0.3) is 0 Å². The lowest BCUT2D eigenvalue weighted by Gasteiger charge is -2.50. The number of halogens is 2. The van der Waals surface area contributed by atoms with E-state index in [1.54, 1.807) is 0 Å². The Morgan fingerprint density at radius 3 is 2.62 bits per heavy atom. The summed E-state index contributed by atoms with van der Waals surface area (Å²) in [6.07, 6.45) is 1.42. The summed E-state index contributed by atoms with van der Waals surface area (Å²) >= 11 is 11.6. The van der Waals surface area contributed by atoms with E-state index in [1.165, 1.54) is 0 Å². The van der Waals surface area contributed by atoms with Crippen LogP contribution < -0.4 is 0 Å². The van der Waals surface area contributed by atoms with Crippen LogP contribution in [0.15, 0.2) is 12.2 Å². The van der Waals surface area contributed by atoms with E-state index in [0.29, 0.717) is 42.4 Å². The first-order valence-corrected chi connectivity index (χ1v) is 10.4. The molecule has 148 valence electrons. The van der Waals surface area contributed by atoms with Crippen molar-refractivity contribution < 1.29 is 23.7 Å². The molecule has 1 aliphatic carbocycles. The van der Waals surface area contributed by atoms with Crippen molar-refractivity contribution in [1.82, 2.24) is 0 Å². The van der Waals surface area contributed by atoms with Gasteiger partial charge >= 0.3 is 5.97 Å². The molecular formula is C19H28Cl2O5. The molecule has 7 heteroatoms. The summed E-state index contributed by atoms with van der Waals surface area (Å²) in [4.78, 5) is 12.0. The predicted molar refractivity (Wildman–Crippen MR) is 99.1 cm³/mol. The molecule has 5 nitrogen and oxygen atoms in total. The number of hydrogen-bond donors (Lipinski definition) is 0. The summed E-state index contributed by atoms with van der Waals surface area (Å²) in [5.41, 5.74) is 0.295. The van der Waals surface area contributed by atoms with Gasteiger partial charge in [-0.3, -0.25) is 0 Å². The van der Waals surface area contributed by atoms with Gasteiger partial charge in [-0.15, -0.1) is 23.2 Å². The minimum atomic E-state index is -0.454. The molecule has 26 heavy (non-hydrogen) atoms. The lowest BCUT2D eigenvalue weighted by atomic mass is 9.65. The van der Waals surface area contributed by atoms with Gasteiger partial charge in [0.2, 0.25) is 0 Å². The molecule has 1 saturated carbocycles. The van der Waals surface area contributed by atoms with E-state index in [9.17, 15) is 4.79 Å². The molecule has 0 bridgehead atoms. The zero-order valence-electron chi connectivity index (χ0n) is 15.4. The van der Waals surface area contributed by atoms with E-state index in [1.807, 2.05) is 0 Å². The largest absolute Gasteiger partial charge is 0.458 e. The van der Waals surface area contributed by atoms with Crippen LogP contribution in [-0.2, 0) is 23.7 Å². The Bertz CT molecular complexity index is 542. The quantitative estimate of drug-likeness (QED) is 0.382. The predicted octanol–water partition coefficient (Wildman–Crippen LogP) is 3.72. The molecule has 0 aromatic carbocycles. The first-order chi connectivity index (χ1) is 12.4. The Balaban J connectivity index is 1.87. The van der Waals surface area contributed by atoms with Gasteiger partial charge in [0.15, 0.2) is 12.6 Å². The van der Waals surface area contributed by atoms with Crippen LogP contribution in [0.1, 0.15) is 33.1 Å². The molecule has 0 aromatic heterocycles. The lowest BCUT2D eigenvalue weighted by molar-refractivity contribution is -0.328. The summed E-state index contributed by atoms with van der Waals surface area (Å²) in [5, 5.41) is 0. The highest BCUT2D eigenvalue weighted by molar-refractivity contribution is 6.18. The second-order valence-corrected chi connectivity index (χ2v) is 8.61. The van der Waals surface area contributed by atoms with Crippen LogP contribution in [0, 0.1) is 23.2 Å². The Morgan fingerprint density at radius 1 is 1.23 bits per heavy atom. The molecule has 3 aliphatic rings. The third-order valence-corrected chi connectivity index (χ3v) is 6.51. The Hall–Kier alpha value is -0.330. The number of carbonyl (C=O) groups is 1. The van der Waals surface area contributed by atoms with Gasteiger partial charge in [0.05, 0.1) is 13.2 Å². The van der Waals surface area contributed by atoms with E-state index in [2.05, 4.69) is 20.4 Å². The van der Waals surface area contributed by atoms with E-state index < -0.39 is 6.29 Å². The third-order valence-electron chi connectivity index (χ3n) is 6.20. The van der Waals surface area contributed by atoms with Crippen molar-refractivity contribution in [2.45, 2.75) is 51.8 Å². The minimum absolute atomic E-state index is 0.00552. The van der Waals surface area contributed by atoms with E-state index >= 15 is 0 Å². The Kier molecular flexibility index (Phi) is 6.56. The van der Waals surface area contributed by atoms with E-state index in [4.69, 9.17) is 42.1 Å². The summed E-state index contributed by atoms with van der Waals surface area (Å²) in [6, 6.07) is 0. The normalized spacial score (nSPS) is 42.8. The second kappa shape index (κ2) is 8.36. The number of carbonyl (C=O) groups excluding carboxylic acids is 1. The van der Waals surface area contributed by atoms with Crippen LogP contribution in [0.25, 0.3) is 0 Å². The van der Waals surface area contributed by atoms with Gasteiger partial charge in [-0.2, -0.15) is 0 Å². The monoisotopic (exact) mass is 406 g/mol. The van der Waals surface area contributed by atoms with Crippen molar-refractivity contribution in [2.75, 3.05) is 25.0 Å². The number of ether oxygens (including phenoxy) is 4. The molecule has 2 aliphatic heterocycles. The van der Waals surface area contributed by atoms with Crippen molar-refractivity contribution in [3.63, 3.8) is 0 Å². The number of fused-ring (bicyclic) bond motifs is 2. The zero-order valence-corrected chi connectivity index (χ0v) is 16.9. The van der Waals surface area contributed by atoms with Gasteiger partial charge in [-0.05, 0) is 24.7 Å². The van der Waals surface area contributed by atoms with Crippen LogP contribution in [0.2, 0.25) is 0 Å². The summed E-state index contributed by atoms with van der Waals surface area (Å²) in [6.45, 7) is 9.21. The van der Waals surface area contributed by atoms with Crippen LogP contribution in [0.5, 0.6) is 0 Å². The van der Waals surface area contributed by atoms with E-state index in [-0.39, 0.29) is 29.7 Å². The standard InChI is InChI=1S/C19H28Cl2O5/c1-11-8-15-13(12(2)17(22)25-15)10-19(3)14(11)9-16(23-6-4-20)26-18(19)24-7-5-21/h11,13-16,18H,2,4-10H2,1,3H3/t11-,13-,14+,15+,16+,18-,19+/m0/s1. The highest BCUT2D eigenvalue weighted by Crippen LogP contribution is 2.55. The number of esters is 1. The van der Waals surface area contributed by atoms with E-state index in [0.717, 1.165) is 19.3 Å². The third kappa shape index (κ3) is 3.79. The van der Waals surface area contributed by atoms with Gasteiger partial charge in [0.1, 0.15) is 6.10 Å². The SMILES string of the molecule is C=C1C(=O)O[C@@H]2C[C@H](C)[C@H]3C[C@H](OCCCl)O[C@H](OCCCl)[C@]3(C)C[C@@H]12. The fourth-order valence-corrected chi connectivity index (χ4v) is 5.12. The maximum absolute atomic E-state index is 12.0. The lowest BCUT2D eigenvalue weighted by Crippen LogP contribution is -2.53. The van der Waals surface area contributed by atoms with Crippen LogP contribution >= 0.6 is 23.2 Å². The number of rotatable bonds is 6. The number of hydrogen-bond acceptors (Lipinski definition) is 5.